The van der Waals surface area contributed by atoms with Crippen molar-refractivity contribution in [1.82, 2.24) is 20.0 Å². The highest BCUT2D eigenvalue weighted by Gasteiger charge is 2.13. The molecule has 0 fully saturated rings. The van der Waals surface area contributed by atoms with Crippen LogP contribution in [0.15, 0.2) is 42.7 Å². The van der Waals surface area contributed by atoms with Gasteiger partial charge in [0.05, 0.1) is 18.4 Å². The molecule has 1 aromatic carbocycles. The van der Waals surface area contributed by atoms with Crippen LogP contribution in [-0.2, 0) is 6.54 Å². The fourth-order valence-corrected chi connectivity index (χ4v) is 2.49. The Hall–Kier alpha value is -2.25. The van der Waals surface area contributed by atoms with Crippen LogP contribution in [0.3, 0.4) is 0 Å². The van der Waals surface area contributed by atoms with E-state index in [1.165, 1.54) is 0 Å². The summed E-state index contributed by atoms with van der Waals surface area (Å²) < 4.78 is 1.98. The molecule has 3 rings (SSSR count). The van der Waals surface area contributed by atoms with E-state index in [2.05, 4.69) is 20.6 Å². The molecule has 0 saturated carbocycles. The Bertz CT molecular complexity index is 755. The number of halogens is 1. The Morgan fingerprint density at radius 2 is 2.10 bits per heavy atom. The van der Waals surface area contributed by atoms with Gasteiger partial charge in [-0.1, -0.05) is 41.7 Å². The average molecular weight is 320 g/mol. The maximum absolute atomic E-state index is 11.9. The molecule has 0 aliphatic carbocycles. The van der Waals surface area contributed by atoms with Gasteiger partial charge in [-0.2, -0.15) is 5.10 Å². The second kappa shape index (κ2) is 6.02. The number of amides is 1. The highest BCUT2D eigenvalue weighted by atomic mass is 35.5. The van der Waals surface area contributed by atoms with Gasteiger partial charge >= 0.3 is 0 Å². The van der Waals surface area contributed by atoms with Crippen LogP contribution >= 0.6 is 22.9 Å². The quantitative estimate of drug-likeness (QED) is 0.802. The van der Waals surface area contributed by atoms with E-state index in [4.69, 9.17) is 11.6 Å². The first-order chi connectivity index (χ1) is 10.2. The summed E-state index contributed by atoms with van der Waals surface area (Å²) >= 11 is 6.68. The van der Waals surface area contributed by atoms with Crippen molar-refractivity contribution in [3.8, 4) is 0 Å². The lowest BCUT2D eigenvalue weighted by Crippen LogP contribution is -2.11. The minimum absolute atomic E-state index is 0.218. The van der Waals surface area contributed by atoms with E-state index < -0.39 is 0 Å². The molecule has 0 atom stereocenters. The highest BCUT2D eigenvalue weighted by Crippen LogP contribution is 2.16. The Labute approximate surface area is 129 Å². The van der Waals surface area contributed by atoms with Crippen LogP contribution in [0.2, 0.25) is 4.47 Å². The molecule has 1 amide bonds. The second-order valence-electron chi connectivity index (χ2n) is 4.23. The van der Waals surface area contributed by atoms with Gasteiger partial charge in [0.2, 0.25) is 9.47 Å². The number of hydrogen-bond acceptors (Lipinski definition) is 5. The molecule has 0 unspecified atom stereocenters. The second-order valence-corrected chi connectivity index (χ2v) is 5.79. The molecular weight excluding hydrogens is 310 g/mol. The van der Waals surface area contributed by atoms with E-state index >= 15 is 0 Å². The van der Waals surface area contributed by atoms with Gasteiger partial charge in [-0.25, -0.2) is 0 Å². The first kappa shape index (κ1) is 13.7. The Morgan fingerprint density at radius 3 is 2.81 bits per heavy atom. The summed E-state index contributed by atoms with van der Waals surface area (Å²) in [5, 5.41) is 14.4. The van der Waals surface area contributed by atoms with Crippen molar-refractivity contribution in [3.63, 3.8) is 0 Å². The van der Waals surface area contributed by atoms with E-state index in [9.17, 15) is 4.79 Å². The lowest BCUT2D eigenvalue weighted by Gasteiger charge is -2.01. The van der Waals surface area contributed by atoms with Gasteiger partial charge in [0, 0.05) is 6.20 Å². The van der Waals surface area contributed by atoms with Crippen LogP contribution in [0, 0.1) is 0 Å². The molecule has 0 saturated heterocycles. The predicted octanol–water partition coefficient (Wildman–Crippen LogP) is 2.69. The standard InChI is InChI=1S/C13H10ClN5OS/c14-13-18-17-12(21-13)11(20)16-10-6-15-19(8-10)7-9-4-2-1-3-5-9/h1-6,8H,7H2,(H,16,20). The van der Waals surface area contributed by atoms with Crippen molar-refractivity contribution in [2.24, 2.45) is 0 Å². The number of hydrogen-bond donors (Lipinski definition) is 1. The Morgan fingerprint density at radius 1 is 1.29 bits per heavy atom. The lowest BCUT2D eigenvalue weighted by atomic mass is 10.2. The van der Waals surface area contributed by atoms with Gasteiger partial charge in [0.15, 0.2) is 0 Å². The minimum Gasteiger partial charge on any atom is -0.317 e. The third-order valence-electron chi connectivity index (χ3n) is 2.67. The van der Waals surface area contributed by atoms with Crippen LogP contribution in [-0.4, -0.2) is 25.9 Å². The number of nitrogens with zero attached hydrogens (tertiary/aromatic N) is 4. The van der Waals surface area contributed by atoms with Gasteiger partial charge in [0.1, 0.15) is 0 Å². The molecular formula is C13H10ClN5OS. The number of benzene rings is 1. The molecule has 0 aliphatic rings. The molecule has 1 N–H and O–H groups in total. The molecule has 106 valence electrons. The maximum atomic E-state index is 11.9. The van der Waals surface area contributed by atoms with Gasteiger partial charge < -0.3 is 5.32 Å². The van der Waals surface area contributed by atoms with Crippen molar-refractivity contribution in [3.05, 3.63) is 57.8 Å². The predicted molar refractivity (Wildman–Crippen MR) is 80.6 cm³/mol. The number of nitrogens with one attached hydrogen (secondary N) is 1. The monoisotopic (exact) mass is 319 g/mol. The Balaban J connectivity index is 1.66. The van der Waals surface area contributed by atoms with Crippen LogP contribution in [0.5, 0.6) is 0 Å². The van der Waals surface area contributed by atoms with Crippen molar-refractivity contribution < 1.29 is 4.79 Å². The third kappa shape index (κ3) is 3.45. The molecule has 3 aromatic rings. The molecule has 8 heteroatoms. The summed E-state index contributed by atoms with van der Waals surface area (Å²) in [6.07, 6.45) is 3.34. The SMILES string of the molecule is O=C(Nc1cnn(Cc2ccccc2)c1)c1nnc(Cl)s1. The van der Waals surface area contributed by atoms with E-state index in [1.807, 2.05) is 30.3 Å². The zero-order valence-corrected chi connectivity index (χ0v) is 12.3. The molecule has 2 heterocycles. The van der Waals surface area contributed by atoms with Crippen LogP contribution in [0.4, 0.5) is 5.69 Å². The lowest BCUT2D eigenvalue weighted by molar-refractivity contribution is 0.102. The normalized spacial score (nSPS) is 10.5. The van der Waals surface area contributed by atoms with Crippen LogP contribution in [0.25, 0.3) is 0 Å². The topological polar surface area (TPSA) is 72.7 Å². The zero-order valence-electron chi connectivity index (χ0n) is 10.7. The number of anilines is 1. The molecule has 0 bridgehead atoms. The maximum Gasteiger partial charge on any atom is 0.286 e. The van der Waals surface area contributed by atoms with Crippen LogP contribution < -0.4 is 5.32 Å². The summed E-state index contributed by atoms with van der Waals surface area (Å²) in [5.41, 5.74) is 1.73. The molecule has 2 aromatic heterocycles. The number of carbonyl (C=O) groups is 1. The van der Waals surface area contributed by atoms with Crippen molar-refractivity contribution in [2.45, 2.75) is 6.54 Å². The first-order valence-corrected chi connectivity index (χ1v) is 7.27. The minimum atomic E-state index is -0.348. The van der Waals surface area contributed by atoms with Gasteiger partial charge in [0.25, 0.3) is 5.91 Å². The largest absolute Gasteiger partial charge is 0.317 e. The molecule has 6 nitrogen and oxygen atoms in total. The summed E-state index contributed by atoms with van der Waals surface area (Å²) in [6.45, 7) is 0.640. The van der Waals surface area contributed by atoms with Crippen molar-refractivity contribution >= 4 is 34.5 Å². The molecule has 0 spiro atoms. The summed E-state index contributed by atoms with van der Waals surface area (Å²) in [6, 6.07) is 9.94. The fraction of sp³-hybridized carbons (Fsp3) is 0.0769. The first-order valence-electron chi connectivity index (χ1n) is 6.07. The summed E-state index contributed by atoms with van der Waals surface area (Å²) in [4.78, 5) is 11.9. The molecule has 21 heavy (non-hydrogen) atoms. The van der Waals surface area contributed by atoms with Crippen molar-refractivity contribution in [2.75, 3.05) is 5.32 Å². The summed E-state index contributed by atoms with van der Waals surface area (Å²) in [5.74, 6) is -0.348. The molecule has 0 aliphatic heterocycles. The smallest absolute Gasteiger partial charge is 0.286 e. The van der Waals surface area contributed by atoms with Crippen LogP contribution in [0.1, 0.15) is 15.4 Å². The number of aromatic nitrogens is 4. The van der Waals surface area contributed by atoms with Gasteiger partial charge in [-0.15, -0.1) is 10.2 Å². The van der Waals surface area contributed by atoms with E-state index in [0.29, 0.717) is 12.2 Å². The molecule has 0 radical (unpaired) electrons. The van der Waals surface area contributed by atoms with Gasteiger partial charge in [-0.3, -0.25) is 9.48 Å². The van der Waals surface area contributed by atoms with E-state index in [0.717, 1.165) is 16.9 Å². The zero-order chi connectivity index (χ0) is 14.7. The van der Waals surface area contributed by atoms with Crippen molar-refractivity contribution in [1.29, 1.82) is 0 Å². The van der Waals surface area contributed by atoms with E-state index in [-0.39, 0.29) is 15.4 Å². The van der Waals surface area contributed by atoms with E-state index in [1.54, 1.807) is 17.1 Å². The average Bonchev–Trinajstić information content (AvgIpc) is 3.09. The highest BCUT2D eigenvalue weighted by molar-refractivity contribution is 7.17. The number of rotatable bonds is 4. The summed E-state index contributed by atoms with van der Waals surface area (Å²) in [7, 11) is 0. The third-order valence-corrected chi connectivity index (χ3v) is 3.69. The fourth-order valence-electron chi connectivity index (χ4n) is 1.77. The van der Waals surface area contributed by atoms with Gasteiger partial charge in [-0.05, 0) is 17.2 Å². The Kier molecular flexibility index (Phi) is 3.94. The number of carbonyl (C=O) groups excluding carboxylic acids is 1.